The zero-order valence-electron chi connectivity index (χ0n) is 9.33. The molecule has 0 aromatic rings. The van der Waals surface area contributed by atoms with Crippen LogP contribution in [0.25, 0.3) is 0 Å². The van der Waals surface area contributed by atoms with Crippen molar-refractivity contribution in [3.63, 3.8) is 0 Å². The molecule has 1 saturated carbocycles. The average Bonchev–Trinajstić information content (AvgIpc) is 2.16. The molecule has 2 unspecified atom stereocenters. The lowest BCUT2D eigenvalue weighted by Gasteiger charge is -2.35. The average molecular weight is 241 g/mol. The first-order chi connectivity index (χ1) is 7.40. The van der Waals surface area contributed by atoms with Gasteiger partial charge in [0.05, 0.1) is 12.7 Å². The van der Waals surface area contributed by atoms with Gasteiger partial charge in [-0.25, -0.2) is 0 Å². The molecule has 0 bridgehead atoms. The number of ether oxygens (including phenoxy) is 1. The molecule has 16 heavy (non-hydrogen) atoms. The van der Waals surface area contributed by atoms with E-state index in [1.54, 1.807) is 11.9 Å². The van der Waals surface area contributed by atoms with Crippen LogP contribution < -0.4 is 0 Å². The zero-order chi connectivity index (χ0) is 12.2. The van der Waals surface area contributed by atoms with Crippen molar-refractivity contribution in [2.45, 2.75) is 44.2 Å². The van der Waals surface area contributed by atoms with Gasteiger partial charge < -0.3 is 5.11 Å². The van der Waals surface area contributed by atoms with Gasteiger partial charge in [0.15, 0.2) is 0 Å². The van der Waals surface area contributed by atoms with E-state index in [1.807, 2.05) is 0 Å². The van der Waals surface area contributed by atoms with Gasteiger partial charge in [-0.2, -0.15) is 0 Å². The summed E-state index contributed by atoms with van der Waals surface area (Å²) in [5.41, 5.74) is 0. The normalized spacial score (nSPS) is 27.4. The molecule has 1 aliphatic carbocycles. The Labute approximate surface area is 93.2 Å². The Hall–Kier alpha value is -0.330. The van der Waals surface area contributed by atoms with Crippen molar-refractivity contribution < 1.29 is 23.0 Å². The van der Waals surface area contributed by atoms with Crippen molar-refractivity contribution in [3.8, 4) is 0 Å². The summed E-state index contributed by atoms with van der Waals surface area (Å²) in [7, 11) is 1.72. The maximum Gasteiger partial charge on any atom is 0.522 e. The Morgan fingerprint density at radius 1 is 1.31 bits per heavy atom. The van der Waals surface area contributed by atoms with Crippen LogP contribution in [0.5, 0.6) is 0 Å². The van der Waals surface area contributed by atoms with Gasteiger partial charge >= 0.3 is 6.36 Å². The Kier molecular flexibility index (Phi) is 5.01. The molecule has 0 heterocycles. The van der Waals surface area contributed by atoms with Crippen molar-refractivity contribution in [3.05, 3.63) is 0 Å². The Bertz CT molecular complexity index is 211. The van der Waals surface area contributed by atoms with E-state index in [1.165, 1.54) is 0 Å². The van der Waals surface area contributed by atoms with Gasteiger partial charge in [-0.05, 0) is 19.9 Å². The second kappa shape index (κ2) is 5.84. The number of aliphatic hydroxyl groups excluding tert-OH is 1. The monoisotopic (exact) mass is 241 g/mol. The van der Waals surface area contributed by atoms with Crippen molar-refractivity contribution in [1.82, 2.24) is 4.90 Å². The number of hydrogen-bond acceptors (Lipinski definition) is 3. The SMILES string of the molecule is CN(CCOC(F)(F)F)C1CCCCC1O. The minimum atomic E-state index is -4.56. The molecule has 0 amide bonds. The maximum atomic E-state index is 11.7. The molecule has 96 valence electrons. The van der Waals surface area contributed by atoms with Crippen molar-refractivity contribution in [1.29, 1.82) is 0 Å². The van der Waals surface area contributed by atoms with Crippen molar-refractivity contribution >= 4 is 0 Å². The number of alkyl halides is 3. The van der Waals surface area contributed by atoms with Crippen LogP contribution in [-0.4, -0.2) is 48.7 Å². The van der Waals surface area contributed by atoms with E-state index in [9.17, 15) is 18.3 Å². The van der Waals surface area contributed by atoms with Gasteiger partial charge in [0.2, 0.25) is 0 Å². The topological polar surface area (TPSA) is 32.7 Å². The van der Waals surface area contributed by atoms with E-state index >= 15 is 0 Å². The molecule has 0 spiro atoms. The number of halogens is 3. The number of aliphatic hydroxyl groups is 1. The summed E-state index contributed by atoms with van der Waals surface area (Å²) in [4.78, 5) is 1.75. The summed E-state index contributed by atoms with van der Waals surface area (Å²) in [5.74, 6) is 0. The zero-order valence-corrected chi connectivity index (χ0v) is 9.33. The molecular weight excluding hydrogens is 223 g/mol. The summed E-state index contributed by atoms with van der Waals surface area (Å²) in [5, 5.41) is 9.69. The quantitative estimate of drug-likeness (QED) is 0.814. The number of likely N-dealkylation sites (N-methyl/N-ethyl adjacent to an activating group) is 1. The fraction of sp³-hybridized carbons (Fsp3) is 1.00. The van der Waals surface area contributed by atoms with Crippen molar-refractivity contribution in [2.75, 3.05) is 20.2 Å². The van der Waals surface area contributed by atoms with Crippen molar-refractivity contribution in [2.24, 2.45) is 0 Å². The molecule has 3 nitrogen and oxygen atoms in total. The van der Waals surface area contributed by atoms with Crippen LogP contribution in [0.2, 0.25) is 0 Å². The number of hydrogen-bond donors (Lipinski definition) is 1. The fourth-order valence-corrected chi connectivity index (χ4v) is 2.08. The van der Waals surface area contributed by atoms with Gasteiger partial charge in [0, 0.05) is 12.6 Å². The van der Waals surface area contributed by atoms with Crippen LogP contribution in [0.3, 0.4) is 0 Å². The third kappa shape index (κ3) is 4.67. The van der Waals surface area contributed by atoms with Crippen LogP contribution in [0.15, 0.2) is 0 Å². The largest absolute Gasteiger partial charge is 0.522 e. The molecular formula is C10H18F3NO2. The highest BCUT2D eigenvalue weighted by molar-refractivity contribution is 4.81. The minimum absolute atomic E-state index is 0.0365. The first-order valence-corrected chi connectivity index (χ1v) is 5.49. The third-order valence-corrected chi connectivity index (χ3v) is 2.97. The van der Waals surface area contributed by atoms with E-state index in [0.29, 0.717) is 0 Å². The molecule has 0 aliphatic heterocycles. The molecule has 6 heteroatoms. The van der Waals surface area contributed by atoms with Crippen LogP contribution in [0, 0.1) is 0 Å². The molecule has 1 rings (SSSR count). The van der Waals surface area contributed by atoms with E-state index in [0.717, 1.165) is 25.7 Å². The lowest BCUT2D eigenvalue weighted by Crippen LogP contribution is -2.44. The molecule has 1 fully saturated rings. The standard InChI is InChI=1S/C10H18F3NO2/c1-14(6-7-16-10(11,12)13)8-4-2-3-5-9(8)15/h8-9,15H,2-7H2,1H3. The maximum absolute atomic E-state index is 11.7. The van der Waals surface area contributed by atoms with Crippen LogP contribution >= 0.6 is 0 Å². The second-order valence-corrected chi connectivity index (χ2v) is 4.19. The van der Waals surface area contributed by atoms with Gasteiger partial charge in [0.1, 0.15) is 0 Å². The number of rotatable bonds is 4. The Balaban J connectivity index is 2.25. The molecule has 1 aliphatic rings. The van der Waals surface area contributed by atoms with E-state index in [2.05, 4.69) is 4.74 Å². The highest BCUT2D eigenvalue weighted by Gasteiger charge is 2.30. The second-order valence-electron chi connectivity index (χ2n) is 4.19. The van der Waals surface area contributed by atoms with Gasteiger partial charge in [-0.3, -0.25) is 9.64 Å². The highest BCUT2D eigenvalue weighted by Crippen LogP contribution is 2.22. The first kappa shape index (κ1) is 13.7. The smallest absolute Gasteiger partial charge is 0.391 e. The lowest BCUT2D eigenvalue weighted by molar-refractivity contribution is -0.325. The predicted molar refractivity (Wildman–Crippen MR) is 52.9 cm³/mol. The van der Waals surface area contributed by atoms with Gasteiger partial charge in [-0.1, -0.05) is 12.8 Å². The van der Waals surface area contributed by atoms with Crippen LogP contribution in [0.1, 0.15) is 25.7 Å². The Morgan fingerprint density at radius 3 is 2.50 bits per heavy atom. The molecule has 0 aromatic heterocycles. The molecule has 0 radical (unpaired) electrons. The van der Waals surface area contributed by atoms with E-state index in [-0.39, 0.29) is 19.2 Å². The molecule has 2 atom stereocenters. The third-order valence-electron chi connectivity index (χ3n) is 2.97. The Morgan fingerprint density at radius 2 is 1.94 bits per heavy atom. The fourth-order valence-electron chi connectivity index (χ4n) is 2.08. The molecule has 0 saturated heterocycles. The number of nitrogens with zero attached hydrogens (tertiary/aromatic N) is 1. The lowest BCUT2D eigenvalue weighted by atomic mass is 9.92. The summed E-state index contributed by atoms with van der Waals surface area (Å²) in [6.07, 6.45) is -1.41. The van der Waals surface area contributed by atoms with Crippen LogP contribution in [-0.2, 0) is 4.74 Å². The van der Waals surface area contributed by atoms with Gasteiger partial charge in [0.25, 0.3) is 0 Å². The first-order valence-electron chi connectivity index (χ1n) is 5.49. The minimum Gasteiger partial charge on any atom is -0.391 e. The summed E-state index contributed by atoms with van der Waals surface area (Å²) < 4.78 is 38.9. The molecule has 1 N–H and O–H groups in total. The highest BCUT2D eigenvalue weighted by atomic mass is 19.4. The summed E-state index contributed by atoms with van der Waals surface area (Å²) in [6, 6.07) is -0.0365. The molecule has 0 aromatic carbocycles. The summed E-state index contributed by atoms with van der Waals surface area (Å²) >= 11 is 0. The van der Waals surface area contributed by atoms with E-state index in [4.69, 9.17) is 0 Å². The van der Waals surface area contributed by atoms with E-state index < -0.39 is 12.5 Å². The van der Waals surface area contributed by atoms with Crippen LogP contribution in [0.4, 0.5) is 13.2 Å². The van der Waals surface area contributed by atoms with Gasteiger partial charge in [-0.15, -0.1) is 13.2 Å². The summed E-state index contributed by atoms with van der Waals surface area (Å²) in [6.45, 7) is -0.204. The predicted octanol–water partition coefficient (Wildman–Crippen LogP) is 1.76.